The van der Waals surface area contributed by atoms with Crippen molar-refractivity contribution in [2.45, 2.75) is 25.4 Å². The smallest absolute Gasteiger partial charge is 0.326 e. The van der Waals surface area contributed by atoms with E-state index in [0.29, 0.717) is 29.0 Å². The second-order valence-electron chi connectivity index (χ2n) is 6.46. The lowest BCUT2D eigenvalue weighted by atomic mass is 10.3. The van der Waals surface area contributed by atoms with E-state index in [9.17, 15) is 9.90 Å². The van der Waals surface area contributed by atoms with Crippen LogP contribution in [-0.4, -0.2) is 45.7 Å². The van der Waals surface area contributed by atoms with Crippen LogP contribution in [0.3, 0.4) is 0 Å². The summed E-state index contributed by atoms with van der Waals surface area (Å²) in [6.45, 7) is 0.515. The third kappa shape index (κ3) is 3.78. The SMILES string of the molecule is O=c1[nH]c(O)c(/C=c2\cnn3c(=NC4CC4)nc(NCc4cnc(Br)s4)nc23)[nH]1. The van der Waals surface area contributed by atoms with E-state index in [1.54, 1.807) is 23.0 Å². The molecule has 4 heterocycles. The third-order valence-electron chi connectivity index (χ3n) is 4.20. The van der Waals surface area contributed by atoms with Gasteiger partial charge < -0.3 is 15.4 Å². The number of aromatic hydroxyl groups is 1. The van der Waals surface area contributed by atoms with Crippen LogP contribution in [0.2, 0.25) is 0 Å². The van der Waals surface area contributed by atoms with Crippen molar-refractivity contribution < 1.29 is 5.11 Å². The Hall–Kier alpha value is -3.06. The number of anilines is 1. The van der Waals surface area contributed by atoms with Gasteiger partial charge in [-0.25, -0.2) is 14.8 Å². The molecule has 11 nitrogen and oxygen atoms in total. The number of aromatic nitrogens is 7. The molecule has 13 heteroatoms. The van der Waals surface area contributed by atoms with Crippen LogP contribution in [0.15, 0.2) is 26.1 Å². The Labute approximate surface area is 174 Å². The zero-order chi connectivity index (χ0) is 20.0. The van der Waals surface area contributed by atoms with Crippen LogP contribution in [0, 0.1) is 0 Å². The van der Waals surface area contributed by atoms with Gasteiger partial charge in [0.1, 0.15) is 5.69 Å². The Morgan fingerprint density at radius 2 is 2.24 bits per heavy atom. The maximum absolute atomic E-state index is 11.4. The van der Waals surface area contributed by atoms with E-state index >= 15 is 0 Å². The molecule has 29 heavy (non-hydrogen) atoms. The van der Waals surface area contributed by atoms with Crippen LogP contribution < -0.4 is 21.8 Å². The first-order valence-electron chi connectivity index (χ1n) is 8.72. The Balaban J connectivity index is 1.60. The van der Waals surface area contributed by atoms with Crippen molar-refractivity contribution in [2.75, 3.05) is 5.32 Å². The number of thiazole rings is 1. The second-order valence-corrected chi connectivity index (χ2v) is 8.85. The fraction of sp³-hybridized carbons (Fsp3) is 0.250. The minimum Gasteiger partial charge on any atom is -0.493 e. The number of hydrogen-bond donors (Lipinski definition) is 4. The summed E-state index contributed by atoms with van der Waals surface area (Å²) in [5.41, 5.74) is 0.710. The van der Waals surface area contributed by atoms with Gasteiger partial charge in [0.25, 0.3) is 5.62 Å². The first kappa shape index (κ1) is 18.0. The lowest BCUT2D eigenvalue weighted by Crippen LogP contribution is -2.24. The number of aromatic amines is 2. The quantitative estimate of drug-likeness (QED) is 0.323. The zero-order valence-electron chi connectivity index (χ0n) is 14.8. The number of nitrogens with one attached hydrogen (secondary N) is 3. The highest BCUT2D eigenvalue weighted by Gasteiger charge is 2.21. The molecule has 0 atom stereocenters. The second kappa shape index (κ2) is 7.08. The fourth-order valence-corrected chi connectivity index (χ4v) is 3.99. The normalized spacial score (nSPS) is 15.5. The lowest BCUT2D eigenvalue weighted by Gasteiger charge is -2.03. The van der Waals surface area contributed by atoms with E-state index in [4.69, 9.17) is 0 Å². The van der Waals surface area contributed by atoms with E-state index in [-0.39, 0.29) is 17.6 Å². The van der Waals surface area contributed by atoms with Crippen LogP contribution in [0.5, 0.6) is 5.88 Å². The Morgan fingerprint density at radius 3 is 2.93 bits per heavy atom. The average Bonchev–Trinajstić information content (AvgIpc) is 3.10. The topological polar surface area (TPSA) is 149 Å². The number of hydrogen-bond acceptors (Lipinski definition) is 9. The molecule has 148 valence electrons. The van der Waals surface area contributed by atoms with Crippen LogP contribution >= 0.6 is 27.3 Å². The molecular weight excluding hydrogens is 462 g/mol. The van der Waals surface area contributed by atoms with Crippen molar-refractivity contribution >= 4 is 44.9 Å². The lowest BCUT2D eigenvalue weighted by molar-refractivity contribution is 0.454. The molecule has 0 saturated heterocycles. The predicted octanol–water partition coefficient (Wildman–Crippen LogP) is 0.288. The third-order valence-corrected chi connectivity index (χ3v) is 5.68. The molecule has 4 aromatic heterocycles. The minimum absolute atomic E-state index is 0.244. The highest BCUT2D eigenvalue weighted by Crippen LogP contribution is 2.22. The van der Waals surface area contributed by atoms with Crippen molar-refractivity contribution in [2.24, 2.45) is 4.99 Å². The van der Waals surface area contributed by atoms with E-state index in [1.165, 1.54) is 11.3 Å². The molecule has 0 amide bonds. The van der Waals surface area contributed by atoms with Crippen molar-refractivity contribution in [3.8, 4) is 5.88 Å². The van der Waals surface area contributed by atoms with Gasteiger partial charge in [-0.3, -0.25) is 4.98 Å². The van der Waals surface area contributed by atoms with Gasteiger partial charge in [-0.05, 0) is 34.8 Å². The number of fused-ring (bicyclic) bond motifs is 1. The van der Waals surface area contributed by atoms with Crippen LogP contribution in [0.4, 0.5) is 5.95 Å². The summed E-state index contributed by atoms with van der Waals surface area (Å²) in [7, 11) is 0. The molecule has 4 N–H and O–H groups in total. The first-order chi connectivity index (χ1) is 14.0. The molecule has 0 aromatic carbocycles. The van der Waals surface area contributed by atoms with Crippen LogP contribution in [0.1, 0.15) is 23.4 Å². The number of rotatable bonds is 5. The van der Waals surface area contributed by atoms with Gasteiger partial charge in [0.05, 0.1) is 18.8 Å². The van der Waals surface area contributed by atoms with E-state index in [2.05, 4.69) is 56.3 Å². The number of nitrogens with zero attached hydrogens (tertiary/aromatic N) is 6. The van der Waals surface area contributed by atoms with E-state index in [0.717, 1.165) is 21.6 Å². The van der Waals surface area contributed by atoms with Crippen molar-refractivity contribution in [1.29, 1.82) is 0 Å². The summed E-state index contributed by atoms with van der Waals surface area (Å²) in [4.78, 5) is 35.1. The summed E-state index contributed by atoms with van der Waals surface area (Å²) in [6, 6.07) is 0.250. The Morgan fingerprint density at radius 1 is 1.38 bits per heavy atom. The monoisotopic (exact) mass is 475 g/mol. The van der Waals surface area contributed by atoms with E-state index < -0.39 is 5.69 Å². The van der Waals surface area contributed by atoms with Gasteiger partial charge in [0, 0.05) is 16.3 Å². The molecule has 1 fully saturated rings. The molecule has 0 spiro atoms. The molecule has 0 aliphatic heterocycles. The summed E-state index contributed by atoms with van der Waals surface area (Å²) in [5, 5.41) is 18.0. The van der Waals surface area contributed by atoms with Gasteiger partial charge in [-0.15, -0.1) is 11.3 Å². The highest BCUT2D eigenvalue weighted by molar-refractivity contribution is 9.11. The van der Waals surface area contributed by atoms with E-state index in [1.807, 2.05) is 0 Å². The molecule has 1 saturated carbocycles. The largest absolute Gasteiger partial charge is 0.493 e. The summed E-state index contributed by atoms with van der Waals surface area (Å²) in [6.07, 6.45) is 7.01. The molecule has 1 aliphatic rings. The number of H-pyrrole nitrogens is 2. The standard InChI is InChI=1S/C16H14BrN9O2S/c17-13-18-5-9(29-13)6-19-14-23-11-7(3-10-12(27)24-16(28)22-10)4-20-26(11)15(25-14)21-8-1-2-8/h3-5,8,27H,1-2,6H2,(H,19,21,25)(H2,22,24,28)/b7-3+. The maximum atomic E-state index is 11.4. The van der Waals surface area contributed by atoms with Gasteiger partial charge in [-0.1, -0.05) is 0 Å². The van der Waals surface area contributed by atoms with Gasteiger partial charge in [0.2, 0.25) is 11.8 Å². The highest BCUT2D eigenvalue weighted by atomic mass is 79.9. The number of halogens is 1. The summed E-state index contributed by atoms with van der Waals surface area (Å²) < 4.78 is 2.36. The first-order valence-corrected chi connectivity index (χ1v) is 10.3. The molecule has 5 rings (SSSR count). The molecular formula is C16H14BrN9O2S. The minimum atomic E-state index is -0.498. The molecule has 0 unspecified atom stereocenters. The average molecular weight is 476 g/mol. The fourth-order valence-electron chi connectivity index (χ4n) is 2.69. The molecule has 4 aromatic rings. The van der Waals surface area contributed by atoms with Gasteiger partial charge in [-0.2, -0.15) is 19.6 Å². The van der Waals surface area contributed by atoms with Crippen LogP contribution in [0.25, 0.3) is 11.7 Å². The number of imidazole rings is 1. The zero-order valence-corrected chi connectivity index (χ0v) is 17.2. The summed E-state index contributed by atoms with van der Waals surface area (Å²) in [5.74, 6) is 0.156. The van der Waals surface area contributed by atoms with Gasteiger partial charge in [0.15, 0.2) is 9.56 Å². The molecule has 0 radical (unpaired) electrons. The van der Waals surface area contributed by atoms with Gasteiger partial charge >= 0.3 is 5.69 Å². The molecule has 0 bridgehead atoms. The predicted molar refractivity (Wildman–Crippen MR) is 108 cm³/mol. The van der Waals surface area contributed by atoms with Crippen LogP contribution in [-0.2, 0) is 6.54 Å². The Kier molecular flexibility index (Phi) is 4.39. The molecule has 1 aliphatic carbocycles. The maximum Gasteiger partial charge on any atom is 0.326 e. The van der Waals surface area contributed by atoms with Crippen molar-refractivity contribution in [3.05, 3.63) is 48.2 Å². The van der Waals surface area contributed by atoms with Crippen molar-refractivity contribution in [3.63, 3.8) is 0 Å². The van der Waals surface area contributed by atoms with Crippen molar-refractivity contribution in [1.82, 2.24) is 34.5 Å². The summed E-state index contributed by atoms with van der Waals surface area (Å²) >= 11 is 4.87. The Bertz CT molecular complexity index is 1380.